The van der Waals surface area contributed by atoms with Crippen LogP contribution in [0, 0.1) is 0 Å². The van der Waals surface area contributed by atoms with Crippen molar-refractivity contribution in [2.45, 2.75) is 33.6 Å². The third-order valence-corrected chi connectivity index (χ3v) is 2.28. The van der Waals surface area contributed by atoms with E-state index < -0.39 is 0 Å². The van der Waals surface area contributed by atoms with Gasteiger partial charge in [0, 0.05) is 5.69 Å². The number of rotatable bonds is 2. The summed E-state index contributed by atoms with van der Waals surface area (Å²) in [5.74, 6) is 0.574. The summed E-state index contributed by atoms with van der Waals surface area (Å²) in [6, 6.07) is 8.44. The Morgan fingerprint density at radius 3 is 1.88 bits per heavy atom. The smallest absolute Gasteiger partial charge is 0.123 e. The fraction of sp³-hybridized carbons (Fsp3) is 0.385. The number of hydrogen-bond acceptors (Lipinski definition) is 2. The number of hydrogen-bond donors (Lipinski definition) is 0. The quantitative estimate of drug-likeness (QED) is 0.771. The highest BCUT2D eigenvalue weighted by Gasteiger charge is 1.99. The maximum absolute atomic E-state index is 3.77. The van der Waals surface area contributed by atoms with Crippen LogP contribution in [0.15, 0.2) is 36.9 Å². The number of aromatic nitrogens is 3. The molecule has 0 radical (unpaired) electrons. The van der Waals surface area contributed by atoms with Gasteiger partial charge in [-0.25, -0.2) is 0 Å². The molecule has 0 aliphatic carbocycles. The summed E-state index contributed by atoms with van der Waals surface area (Å²) < 4.78 is 1.89. The molecule has 1 aromatic carbocycles. The molecule has 0 unspecified atom stereocenters. The van der Waals surface area contributed by atoms with Gasteiger partial charge in [0.05, 0.1) is 0 Å². The van der Waals surface area contributed by atoms with Crippen LogP contribution in [0.25, 0.3) is 5.69 Å². The number of nitrogens with zero attached hydrogens (tertiary/aromatic N) is 3. The van der Waals surface area contributed by atoms with Gasteiger partial charge in [-0.15, -0.1) is 10.2 Å². The second-order valence-corrected chi connectivity index (χ2v) is 3.62. The van der Waals surface area contributed by atoms with Crippen molar-refractivity contribution in [3.63, 3.8) is 0 Å². The van der Waals surface area contributed by atoms with Crippen molar-refractivity contribution >= 4 is 0 Å². The predicted octanol–water partition coefficient (Wildman–Crippen LogP) is 3.42. The zero-order chi connectivity index (χ0) is 12.0. The molecule has 0 bridgehead atoms. The molecule has 1 heterocycles. The first-order valence-corrected chi connectivity index (χ1v) is 5.72. The first-order valence-electron chi connectivity index (χ1n) is 5.72. The summed E-state index contributed by atoms with van der Waals surface area (Å²) in [6.07, 6.45) is 3.40. The lowest BCUT2D eigenvalue weighted by atomic mass is 10.0. The third-order valence-electron chi connectivity index (χ3n) is 2.28. The Hall–Kier alpha value is -1.64. The van der Waals surface area contributed by atoms with Crippen molar-refractivity contribution in [3.8, 4) is 5.69 Å². The van der Waals surface area contributed by atoms with Gasteiger partial charge in [0.2, 0.25) is 0 Å². The molecule has 0 saturated heterocycles. The van der Waals surface area contributed by atoms with Gasteiger partial charge < -0.3 is 0 Å². The van der Waals surface area contributed by atoms with Crippen molar-refractivity contribution in [3.05, 3.63) is 42.5 Å². The molecule has 0 amide bonds. The SMILES string of the molecule is CC.CC(C)c1ccc(-n2cnnc2)cc1. The molecule has 86 valence electrons. The molecule has 0 saturated carbocycles. The van der Waals surface area contributed by atoms with Crippen LogP contribution in [0.4, 0.5) is 0 Å². The van der Waals surface area contributed by atoms with E-state index in [2.05, 4.69) is 48.3 Å². The van der Waals surface area contributed by atoms with Gasteiger partial charge in [-0.1, -0.05) is 39.8 Å². The van der Waals surface area contributed by atoms with Gasteiger partial charge in [0.25, 0.3) is 0 Å². The van der Waals surface area contributed by atoms with E-state index in [0.29, 0.717) is 5.92 Å². The van der Waals surface area contributed by atoms with Gasteiger partial charge in [-0.3, -0.25) is 4.57 Å². The van der Waals surface area contributed by atoms with Crippen molar-refractivity contribution in [2.75, 3.05) is 0 Å². The molecule has 2 rings (SSSR count). The van der Waals surface area contributed by atoms with Crippen LogP contribution in [0.5, 0.6) is 0 Å². The van der Waals surface area contributed by atoms with Crippen LogP contribution in [0.3, 0.4) is 0 Å². The summed E-state index contributed by atoms with van der Waals surface area (Å²) >= 11 is 0. The van der Waals surface area contributed by atoms with Crippen molar-refractivity contribution in [1.29, 1.82) is 0 Å². The molecule has 0 aliphatic heterocycles. The van der Waals surface area contributed by atoms with E-state index >= 15 is 0 Å². The normalized spacial score (nSPS) is 9.81. The fourth-order valence-corrected chi connectivity index (χ4v) is 1.37. The van der Waals surface area contributed by atoms with Gasteiger partial charge >= 0.3 is 0 Å². The molecule has 0 aliphatic rings. The van der Waals surface area contributed by atoms with Crippen LogP contribution < -0.4 is 0 Å². The average Bonchev–Trinajstić information content (AvgIpc) is 2.85. The van der Waals surface area contributed by atoms with Crippen LogP contribution in [-0.2, 0) is 0 Å². The van der Waals surface area contributed by atoms with Gasteiger partial charge in [-0.2, -0.15) is 0 Å². The van der Waals surface area contributed by atoms with E-state index in [0.717, 1.165) is 5.69 Å². The van der Waals surface area contributed by atoms with E-state index in [1.54, 1.807) is 12.7 Å². The van der Waals surface area contributed by atoms with Crippen molar-refractivity contribution < 1.29 is 0 Å². The Bertz CT molecular complexity index is 388. The summed E-state index contributed by atoms with van der Waals surface area (Å²) in [5, 5.41) is 7.54. The second-order valence-electron chi connectivity index (χ2n) is 3.62. The molecule has 1 aromatic heterocycles. The van der Waals surface area contributed by atoms with Crippen LogP contribution in [-0.4, -0.2) is 14.8 Å². The Morgan fingerprint density at radius 2 is 1.44 bits per heavy atom. The Balaban J connectivity index is 0.000000606. The maximum Gasteiger partial charge on any atom is 0.123 e. The monoisotopic (exact) mass is 217 g/mol. The van der Waals surface area contributed by atoms with Crippen LogP contribution >= 0.6 is 0 Å². The summed E-state index contributed by atoms with van der Waals surface area (Å²) in [7, 11) is 0. The first kappa shape index (κ1) is 12.4. The van der Waals surface area contributed by atoms with Crippen LogP contribution in [0.1, 0.15) is 39.2 Å². The molecule has 0 atom stereocenters. The van der Waals surface area contributed by atoms with E-state index in [1.165, 1.54) is 5.56 Å². The molecule has 3 nitrogen and oxygen atoms in total. The highest BCUT2D eigenvalue weighted by molar-refractivity contribution is 5.35. The van der Waals surface area contributed by atoms with Gasteiger partial charge in [-0.05, 0) is 23.6 Å². The van der Waals surface area contributed by atoms with Crippen LogP contribution in [0.2, 0.25) is 0 Å². The minimum absolute atomic E-state index is 0.574. The third kappa shape index (κ3) is 2.92. The van der Waals surface area contributed by atoms with Crippen molar-refractivity contribution in [1.82, 2.24) is 14.8 Å². The largest absolute Gasteiger partial charge is 0.288 e. The standard InChI is InChI=1S/C11H13N3.C2H6/c1-9(2)10-3-5-11(6-4-10)14-7-12-13-8-14;1-2/h3-9H,1-2H3;1-2H3. The van der Waals surface area contributed by atoms with Gasteiger partial charge in [0.1, 0.15) is 12.7 Å². The molecule has 0 fully saturated rings. The van der Waals surface area contributed by atoms with E-state index in [-0.39, 0.29) is 0 Å². The molecule has 0 N–H and O–H groups in total. The lowest BCUT2D eigenvalue weighted by Gasteiger charge is -2.06. The molecule has 3 heteroatoms. The zero-order valence-electron chi connectivity index (χ0n) is 10.4. The maximum atomic E-state index is 3.77. The average molecular weight is 217 g/mol. The second kappa shape index (κ2) is 6.05. The van der Waals surface area contributed by atoms with E-state index in [1.807, 2.05) is 18.4 Å². The van der Waals surface area contributed by atoms with E-state index in [9.17, 15) is 0 Å². The topological polar surface area (TPSA) is 30.7 Å². The first-order chi connectivity index (χ1) is 7.77. The Labute approximate surface area is 97.1 Å². The molecular formula is C13H19N3. The molecule has 2 aromatic rings. The highest BCUT2D eigenvalue weighted by Crippen LogP contribution is 2.16. The highest BCUT2D eigenvalue weighted by atomic mass is 15.2. The lowest BCUT2D eigenvalue weighted by molar-refractivity contribution is 0.865. The van der Waals surface area contributed by atoms with E-state index in [4.69, 9.17) is 0 Å². The fourth-order valence-electron chi connectivity index (χ4n) is 1.37. The minimum atomic E-state index is 0.574. The zero-order valence-corrected chi connectivity index (χ0v) is 10.4. The Morgan fingerprint density at radius 1 is 0.938 bits per heavy atom. The molecule has 0 spiro atoms. The Kier molecular flexibility index (Phi) is 4.70. The number of benzene rings is 1. The van der Waals surface area contributed by atoms with Crippen molar-refractivity contribution in [2.24, 2.45) is 0 Å². The molecule has 16 heavy (non-hydrogen) atoms. The summed E-state index contributed by atoms with van der Waals surface area (Å²) in [5.41, 5.74) is 2.45. The summed E-state index contributed by atoms with van der Waals surface area (Å²) in [6.45, 7) is 8.38. The molecular weight excluding hydrogens is 198 g/mol. The van der Waals surface area contributed by atoms with Gasteiger partial charge in [0.15, 0.2) is 0 Å². The predicted molar refractivity (Wildman–Crippen MR) is 66.8 cm³/mol. The summed E-state index contributed by atoms with van der Waals surface area (Å²) in [4.78, 5) is 0. The minimum Gasteiger partial charge on any atom is -0.288 e. The lowest BCUT2D eigenvalue weighted by Crippen LogP contribution is -1.92.